The van der Waals surface area contributed by atoms with E-state index >= 15 is 0 Å². The predicted octanol–water partition coefficient (Wildman–Crippen LogP) is 3.04. The Morgan fingerprint density at radius 1 is 1.00 bits per heavy atom. The van der Waals surface area contributed by atoms with Gasteiger partial charge in [-0.25, -0.2) is 0 Å². The smallest absolute Gasteiger partial charge is 0.465 e. The summed E-state index contributed by atoms with van der Waals surface area (Å²) in [6, 6.07) is 6.15. The van der Waals surface area contributed by atoms with E-state index in [-0.39, 0.29) is 18.3 Å². The molecule has 1 aromatic carbocycles. The van der Waals surface area contributed by atoms with Crippen LogP contribution in [0.5, 0.6) is 0 Å². The summed E-state index contributed by atoms with van der Waals surface area (Å²) in [6.45, 7) is 10.3. The van der Waals surface area contributed by atoms with Crippen molar-refractivity contribution in [1.82, 2.24) is 0 Å². The largest absolute Gasteiger partial charge is 0.498 e. The molecule has 0 radical (unpaired) electrons. The zero-order chi connectivity index (χ0) is 13.8. The fourth-order valence-corrected chi connectivity index (χ4v) is 2.41. The van der Waals surface area contributed by atoms with Crippen LogP contribution >= 0.6 is 0 Å². The molecule has 19 heavy (non-hydrogen) atoms. The molecule has 0 unspecified atom stereocenters. The van der Waals surface area contributed by atoms with Gasteiger partial charge >= 0.3 is 7.12 Å². The number of hydrogen-bond donors (Lipinski definition) is 0. The van der Waals surface area contributed by atoms with E-state index < -0.39 is 0 Å². The molecule has 0 aliphatic carbocycles. The van der Waals surface area contributed by atoms with Gasteiger partial charge in [-0.3, -0.25) is 0 Å². The Morgan fingerprint density at radius 3 is 2.26 bits per heavy atom. The predicted molar refractivity (Wildman–Crippen MR) is 76.7 cm³/mol. The summed E-state index contributed by atoms with van der Waals surface area (Å²) in [7, 11) is -0.376. The highest BCUT2D eigenvalue weighted by Crippen LogP contribution is 2.37. The maximum atomic E-state index is 6.10. The highest BCUT2D eigenvalue weighted by Gasteiger charge is 2.52. The van der Waals surface area contributed by atoms with Crippen LogP contribution in [-0.2, 0) is 9.31 Å². The second-order valence-electron chi connectivity index (χ2n) is 6.28. The van der Waals surface area contributed by atoms with Gasteiger partial charge in [0.25, 0.3) is 0 Å². The van der Waals surface area contributed by atoms with Gasteiger partial charge in [0, 0.05) is 10.8 Å². The average molecular weight is 258 g/mol. The molecular formula is C15H19BO3. The lowest BCUT2D eigenvalue weighted by Crippen LogP contribution is -2.41. The van der Waals surface area contributed by atoms with Crippen molar-refractivity contribution in [2.24, 2.45) is 0 Å². The first-order valence-corrected chi connectivity index (χ1v) is 6.63. The Balaban J connectivity index is 2.09. The molecule has 4 heteroatoms. The van der Waals surface area contributed by atoms with E-state index in [1.807, 2.05) is 6.07 Å². The highest BCUT2D eigenvalue weighted by molar-refractivity contribution is 6.64. The monoisotopic (exact) mass is 258 g/mol. The lowest BCUT2D eigenvalue weighted by Gasteiger charge is -2.32. The van der Waals surface area contributed by atoms with Gasteiger partial charge in [0.2, 0.25) is 0 Å². The molecule has 1 saturated heterocycles. The molecule has 0 saturated carbocycles. The molecule has 1 fully saturated rings. The third kappa shape index (κ3) is 1.90. The fraction of sp³-hybridized carbons (Fsp3) is 0.467. The van der Waals surface area contributed by atoms with Crippen LogP contribution in [0.4, 0.5) is 0 Å². The van der Waals surface area contributed by atoms with Crippen molar-refractivity contribution in [2.45, 2.75) is 45.8 Å². The van der Waals surface area contributed by atoms with Gasteiger partial charge in [-0.05, 0) is 46.8 Å². The van der Waals surface area contributed by atoms with E-state index in [2.05, 4.69) is 46.8 Å². The van der Waals surface area contributed by atoms with Gasteiger partial charge in [-0.1, -0.05) is 11.6 Å². The minimum Gasteiger partial charge on any atom is -0.465 e. The summed E-state index contributed by atoms with van der Waals surface area (Å²) in [5.74, 6) is 0. The van der Waals surface area contributed by atoms with Gasteiger partial charge in [0.05, 0.1) is 17.5 Å². The summed E-state index contributed by atoms with van der Waals surface area (Å²) in [4.78, 5) is 0. The van der Waals surface area contributed by atoms with E-state index in [0.717, 1.165) is 16.4 Å². The van der Waals surface area contributed by atoms with Gasteiger partial charge in [0.1, 0.15) is 5.58 Å². The molecular weight excluding hydrogens is 239 g/mol. The average Bonchev–Trinajstić information content (AvgIpc) is 2.80. The van der Waals surface area contributed by atoms with E-state index in [4.69, 9.17) is 13.7 Å². The summed E-state index contributed by atoms with van der Waals surface area (Å²) in [5.41, 5.74) is 2.34. The molecule has 3 nitrogen and oxygen atoms in total. The number of aryl methyl sites for hydroxylation is 1. The number of hydrogen-bond acceptors (Lipinski definition) is 3. The quantitative estimate of drug-likeness (QED) is 0.737. The summed E-state index contributed by atoms with van der Waals surface area (Å²) >= 11 is 0. The molecule has 1 aliphatic rings. The molecule has 100 valence electrons. The zero-order valence-electron chi connectivity index (χ0n) is 12.1. The molecule has 0 bridgehead atoms. The third-order valence-electron chi connectivity index (χ3n) is 4.23. The van der Waals surface area contributed by atoms with Gasteiger partial charge in [-0.15, -0.1) is 0 Å². The Kier molecular flexibility index (Phi) is 2.60. The lowest BCUT2D eigenvalue weighted by atomic mass is 9.77. The standard InChI is InChI=1S/C15H19BO3/c1-10-8-11-6-7-17-13(11)12(9-10)16-18-14(2,3)15(4,5)19-16/h6-9H,1-5H3. The van der Waals surface area contributed by atoms with E-state index in [1.165, 1.54) is 5.56 Å². The Labute approximate surface area is 114 Å². The van der Waals surface area contributed by atoms with Crippen LogP contribution in [0, 0.1) is 6.92 Å². The van der Waals surface area contributed by atoms with Crippen LogP contribution in [0.3, 0.4) is 0 Å². The molecule has 3 rings (SSSR count). The second kappa shape index (κ2) is 3.87. The Hall–Kier alpha value is -1.26. The second-order valence-corrected chi connectivity index (χ2v) is 6.28. The SMILES string of the molecule is Cc1cc(B2OC(C)(C)C(C)(C)O2)c2occc2c1. The van der Waals surface area contributed by atoms with Crippen molar-refractivity contribution in [3.63, 3.8) is 0 Å². The first-order chi connectivity index (χ1) is 8.80. The van der Waals surface area contributed by atoms with Crippen LogP contribution in [-0.4, -0.2) is 18.3 Å². The van der Waals surface area contributed by atoms with Crippen molar-refractivity contribution in [2.75, 3.05) is 0 Å². The van der Waals surface area contributed by atoms with E-state index in [9.17, 15) is 0 Å². The summed E-state index contributed by atoms with van der Waals surface area (Å²) in [6.07, 6.45) is 1.71. The molecule has 1 aliphatic heterocycles. The third-order valence-corrected chi connectivity index (χ3v) is 4.23. The fourth-order valence-electron chi connectivity index (χ4n) is 2.41. The molecule has 0 amide bonds. The molecule has 0 N–H and O–H groups in total. The first kappa shape index (κ1) is 12.8. The maximum Gasteiger partial charge on any atom is 0.498 e. The molecule has 2 aromatic rings. The number of rotatable bonds is 1. The summed E-state index contributed by atoms with van der Waals surface area (Å²) < 4.78 is 17.8. The van der Waals surface area contributed by atoms with Crippen LogP contribution in [0.25, 0.3) is 11.0 Å². The minimum atomic E-state index is -0.376. The summed E-state index contributed by atoms with van der Waals surface area (Å²) in [5, 5.41) is 1.09. The van der Waals surface area contributed by atoms with E-state index in [0.29, 0.717) is 0 Å². The van der Waals surface area contributed by atoms with Crippen LogP contribution in [0.2, 0.25) is 0 Å². The lowest BCUT2D eigenvalue weighted by molar-refractivity contribution is 0.00578. The zero-order valence-corrected chi connectivity index (χ0v) is 12.1. The molecule has 0 spiro atoms. The van der Waals surface area contributed by atoms with Gasteiger partial charge in [0.15, 0.2) is 0 Å². The van der Waals surface area contributed by atoms with Gasteiger partial charge < -0.3 is 13.7 Å². The Morgan fingerprint density at radius 2 is 1.63 bits per heavy atom. The molecule has 1 aromatic heterocycles. The first-order valence-electron chi connectivity index (χ1n) is 6.63. The normalized spacial score (nSPS) is 21.2. The van der Waals surface area contributed by atoms with Crippen molar-refractivity contribution < 1.29 is 13.7 Å². The van der Waals surface area contributed by atoms with Crippen molar-refractivity contribution in [1.29, 1.82) is 0 Å². The van der Waals surface area contributed by atoms with Gasteiger partial charge in [-0.2, -0.15) is 0 Å². The van der Waals surface area contributed by atoms with E-state index in [1.54, 1.807) is 6.26 Å². The van der Waals surface area contributed by atoms with Crippen molar-refractivity contribution in [3.8, 4) is 0 Å². The van der Waals surface area contributed by atoms with Crippen molar-refractivity contribution in [3.05, 3.63) is 30.0 Å². The topological polar surface area (TPSA) is 31.6 Å². The number of benzene rings is 1. The number of fused-ring (bicyclic) bond motifs is 1. The van der Waals surface area contributed by atoms with Crippen LogP contribution in [0.1, 0.15) is 33.3 Å². The number of furan rings is 1. The Bertz CT molecular complexity index is 611. The maximum absolute atomic E-state index is 6.10. The van der Waals surface area contributed by atoms with Crippen molar-refractivity contribution >= 4 is 23.6 Å². The molecule has 2 heterocycles. The van der Waals surface area contributed by atoms with Crippen LogP contribution < -0.4 is 5.46 Å². The minimum absolute atomic E-state index is 0.333. The highest BCUT2D eigenvalue weighted by atomic mass is 16.7. The molecule has 0 atom stereocenters. The van der Waals surface area contributed by atoms with Crippen LogP contribution in [0.15, 0.2) is 28.9 Å².